The molecule has 0 radical (unpaired) electrons. The van der Waals surface area contributed by atoms with Gasteiger partial charge in [0.2, 0.25) is 5.91 Å². The average molecular weight is 243 g/mol. The normalized spacial score (nSPS) is 21.4. The highest BCUT2D eigenvalue weighted by Crippen LogP contribution is 2.43. The molecule has 0 saturated carbocycles. The molecule has 0 bridgehead atoms. The number of anilines is 1. The fraction of sp³-hybridized carbons (Fsp3) is 0.286. The Morgan fingerprint density at radius 2 is 2.17 bits per heavy atom. The van der Waals surface area contributed by atoms with Crippen LogP contribution in [0.3, 0.4) is 0 Å². The Labute approximate surface area is 106 Å². The molecule has 92 valence electrons. The second-order valence-corrected chi connectivity index (χ2v) is 4.16. The van der Waals surface area contributed by atoms with Crippen molar-refractivity contribution in [2.45, 2.75) is 11.8 Å². The molecule has 4 heteroatoms. The molecule has 0 spiro atoms. The van der Waals surface area contributed by atoms with Crippen LogP contribution >= 0.6 is 0 Å². The van der Waals surface area contributed by atoms with Crippen molar-refractivity contribution in [3.05, 3.63) is 29.8 Å². The second kappa shape index (κ2) is 4.19. The van der Waals surface area contributed by atoms with Gasteiger partial charge in [0.15, 0.2) is 5.41 Å². The molecule has 18 heavy (non-hydrogen) atoms. The maximum atomic E-state index is 12.4. The van der Waals surface area contributed by atoms with Crippen molar-refractivity contribution in [1.29, 1.82) is 0 Å². The Morgan fingerprint density at radius 3 is 2.78 bits per heavy atom. The van der Waals surface area contributed by atoms with E-state index < -0.39 is 11.4 Å². The largest absolute Gasteiger partial charge is 0.468 e. The summed E-state index contributed by atoms with van der Waals surface area (Å²) in [6.45, 7) is 0. The van der Waals surface area contributed by atoms with Crippen molar-refractivity contribution in [3.8, 4) is 12.3 Å². The highest BCUT2D eigenvalue weighted by Gasteiger charge is 2.55. The van der Waals surface area contributed by atoms with Crippen LogP contribution in [-0.2, 0) is 19.7 Å². The standard InChI is InChI=1S/C14H13NO3/c1-4-9-14(13(17)18-3)10-7-5-6-8-11(10)15(2)12(14)16/h1,5-8H,9H2,2-3H3. The van der Waals surface area contributed by atoms with Gasteiger partial charge in [0.25, 0.3) is 0 Å². The molecule has 0 fully saturated rings. The molecule has 4 nitrogen and oxygen atoms in total. The van der Waals surface area contributed by atoms with E-state index in [0.717, 1.165) is 0 Å². The Bertz CT molecular complexity index is 558. The number of hydrogen-bond acceptors (Lipinski definition) is 3. The number of likely N-dealkylation sites (N-methyl/N-ethyl adjacent to an activating group) is 1. The van der Waals surface area contributed by atoms with E-state index in [1.807, 2.05) is 6.07 Å². The number of hydrogen-bond donors (Lipinski definition) is 0. The number of fused-ring (bicyclic) bond motifs is 1. The zero-order valence-electron chi connectivity index (χ0n) is 10.3. The van der Waals surface area contributed by atoms with Crippen LogP contribution in [0.15, 0.2) is 24.3 Å². The topological polar surface area (TPSA) is 46.6 Å². The molecule has 0 aromatic heterocycles. The molecule has 1 aromatic rings. The fourth-order valence-corrected chi connectivity index (χ4v) is 2.41. The number of nitrogens with zero attached hydrogens (tertiary/aromatic N) is 1. The fourth-order valence-electron chi connectivity index (χ4n) is 2.41. The van der Waals surface area contributed by atoms with Crippen molar-refractivity contribution in [3.63, 3.8) is 0 Å². The number of amides is 1. The number of terminal acetylenes is 1. The Kier molecular flexibility index (Phi) is 2.84. The van der Waals surface area contributed by atoms with Gasteiger partial charge < -0.3 is 9.64 Å². The average Bonchev–Trinajstić information content (AvgIpc) is 2.62. The minimum Gasteiger partial charge on any atom is -0.468 e. The van der Waals surface area contributed by atoms with Crippen LogP contribution in [0.4, 0.5) is 5.69 Å². The first-order valence-corrected chi connectivity index (χ1v) is 5.49. The molecule has 1 aliphatic heterocycles. The molecule has 0 aliphatic carbocycles. The van der Waals surface area contributed by atoms with E-state index in [1.165, 1.54) is 12.0 Å². The number of methoxy groups -OCH3 is 1. The summed E-state index contributed by atoms with van der Waals surface area (Å²) in [7, 11) is 2.89. The van der Waals surface area contributed by atoms with Gasteiger partial charge in [0.05, 0.1) is 7.11 Å². The number of carbonyl (C=O) groups is 2. The summed E-state index contributed by atoms with van der Waals surface area (Å²) in [4.78, 5) is 25.9. The summed E-state index contributed by atoms with van der Waals surface area (Å²) in [5, 5.41) is 0. The van der Waals surface area contributed by atoms with Crippen LogP contribution in [0.25, 0.3) is 0 Å². The van der Waals surface area contributed by atoms with Crippen molar-refractivity contribution in [2.24, 2.45) is 0 Å². The summed E-state index contributed by atoms with van der Waals surface area (Å²) < 4.78 is 4.78. The van der Waals surface area contributed by atoms with Gasteiger partial charge in [-0.05, 0) is 6.07 Å². The monoisotopic (exact) mass is 243 g/mol. The lowest BCUT2D eigenvalue weighted by Crippen LogP contribution is -2.45. The SMILES string of the molecule is C#CCC1(C(=O)OC)C(=O)N(C)c2ccccc21. The number of ether oxygens (including phenoxy) is 1. The first-order chi connectivity index (χ1) is 8.59. The zero-order valence-corrected chi connectivity index (χ0v) is 10.3. The van der Waals surface area contributed by atoms with E-state index in [9.17, 15) is 9.59 Å². The van der Waals surface area contributed by atoms with Gasteiger partial charge in [-0.1, -0.05) is 18.2 Å². The number of carbonyl (C=O) groups excluding carboxylic acids is 2. The summed E-state index contributed by atoms with van der Waals surface area (Å²) in [5.41, 5.74) is -0.0834. The molecule has 1 unspecified atom stereocenters. The third kappa shape index (κ3) is 1.34. The Hall–Kier alpha value is -2.28. The number of rotatable bonds is 2. The van der Waals surface area contributed by atoms with Crippen LogP contribution in [0.2, 0.25) is 0 Å². The molecule has 1 aliphatic rings. The van der Waals surface area contributed by atoms with Crippen LogP contribution < -0.4 is 4.90 Å². The van der Waals surface area contributed by atoms with Crippen LogP contribution in [-0.4, -0.2) is 26.0 Å². The highest BCUT2D eigenvalue weighted by atomic mass is 16.5. The van der Waals surface area contributed by atoms with Gasteiger partial charge in [-0.15, -0.1) is 12.3 Å². The first kappa shape index (κ1) is 12.2. The molecule has 1 atom stereocenters. The predicted octanol–water partition coefficient (Wildman–Crippen LogP) is 1.10. The van der Waals surface area contributed by atoms with Gasteiger partial charge in [-0.2, -0.15) is 0 Å². The van der Waals surface area contributed by atoms with E-state index in [1.54, 1.807) is 25.2 Å². The van der Waals surface area contributed by atoms with Crippen LogP contribution in [0.1, 0.15) is 12.0 Å². The van der Waals surface area contributed by atoms with E-state index in [0.29, 0.717) is 11.3 Å². The maximum absolute atomic E-state index is 12.4. The van der Waals surface area contributed by atoms with Crippen LogP contribution in [0, 0.1) is 12.3 Å². The quantitative estimate of drug-likeness (QED) is 0.444. The third-order valence-electron chi connectivity index (χ3n) is 3.30. The molecule has 0 N–H and O–H groups in total. The van der Waals surface area contributed by atoms with Gasteiger partial charge in [0, 0.05) is 24.7 Å². The van der Waals surface area contributed by atoms with Gasteiger partial charge in [-0.25, -0.2) is 0 Å². The molecule has 0 saturated heterocycles. The lowest BCUT2D eigenvalue weighted by molar-refractivity contribution is -0.151. The number of esters is 1. The van der Waals surface area contributed by atoms with E-state index in [-0.39, 0.29) is 12.3 Å². The maximum Gasteiger partial charge on any atom is 0.327 e. The second-order valence-electron chi connectivity index (χ2n) is 4.16. The van der Waals surface area contributed by atoms with Gasteiger partial charge in [0.1, 0.15) is 0 Å². The van der Waals surface area contributed by atoms with E-state index in [2.05, 4.69) is 5.92 Å². The molecular formula is C14H13NO3. The Morgan fingerprint density at radius 1 is 1.50 bits per heavy atom. The van der Waals surface area contributed by atoms with Crippen LogP contribution in [0.5, 0.6) is 0 Å². The number of para-hydroxylation sites is 1. The van der Waals surface area contributed by atoms with E-state index >= 15 is 0 Å². The van der Waals surface area contributed by atoms with Gasteiger partial charge >= 0.3 is 5.97 Å². The minimum absolute atomic E-state index is 0.000139. The van der Waals surface area contributed by atoms with Crippen molar-refractivity contribution >= 4 is 17.6 Å². The minimum atomic E-state index is -1.39. The van der Waals surface area contributed by atoms with Crippen molar-refractivity contribution in [1.82, 2.24) is 0 Å². The van der Waals surface area contributed by atoms with E-state index in [4.69, 9.17) is 11.2 Å². The highest BCUT2D eigenvalue weighted by molar-refractivity contribution is 6.20. The number of benzene rings is 1. The summed E-state index contributed by atoms with van der Waals surface area (Å²) >= 11 is 0. The predicted molar refractivity (Wildman–Crippen MR) is 67.0 cm³/mol. The summed E-state index contributed by atoms with van der Waals surface area (Å²) in [6.07, 6.45) is 5.32. The lowest BCUT2D eigenvalue weighted by atomic mass is 9.79. The third-order valence-corrected chi connectivity index (χ3v) is 3.30. The van der Waals surface area contributed by atoms with Crippen molar-refractivity contribution < 1.29 is 14.3 Å². The molecular weight excluding hydrogens is 230 g/mol. The molecule has 1 amide bonds. The smallest absolute Gasteiger partial charge is 0.327 e. The first-order valence-electron chi connectivity index (χ1n) is 5.49. The Balaban J connectivity index is 2.71. The summed E-state index contributed by atoms with van der Waals surface area (Å²) in [6, 6.07) is 7.12. The van der Waals surface area contributed by atoms with Crippen molar-refractivity contribution in [2.75, 3.05) is 19.1 Å². The van der Waals surface area contributed by atoms with Gasteiger partial charge in [-0.3, -0.25) is 9.59 Å². The molecule has 1 heterocycles. The molecule has 1 aromatic carbocycles. The zero-order chi connectivity index (χ0) is 13.3. The lowest BCUT2D eigenvalue weighted by Gasteiger charge is -2.22. The molecule has 2 rings (SSSR count). The summed E-state index contributed by atoms with van der Waals surface area (Å²) in [5.74, 6) is 1.46.